The maximum Gasteiger partial charge on any atom is 0.255 e. The van der Waals surface area contributed by atoms with Crippen molar-refractivity contribution < 1.29 is 4.79 Å². The van der Waals surface area contributed by atoms with Crippen molar-refractivity contribution in [2.75, 3.05) is 0 Å². The highest BCUT2D eigenvalue weighted by Crippen LogP contribution is 2.22. The Balaban J connectivity index is 1.31. The summed E-state index contributed by atoms with van der Waals surface area (Å²) in [4.78, 5) is 26.1. The van der Waals surface area contributed by atoms with Crippen LogP contribution >= 0.6 is 11.3 Å². The molecule has 1 aromatic carbocycles. The van der Waals surface area contributed by atoms with E-state index in [1.54, 1.807) is 23.3 Å². The first-order valence-electron chi connectivity index (χ1n) is 9.73. The Kier molecular flexibility index (Phi) is 4.97. The normalized spacial score (nSPS) is 11.0. The average molecular weight is 427 g/mol. The molecule has 0 fully saturated rings. The van der Waals surface area contributed by atoms with Crippen LogP contribution in [0.5, 0.6) is 0 Å². The van der Waals surface area contributed by atoms with Crippen LogP contribution in [-0.2, 0) is 6.54 Å². The fraction of sp³-hybridized carbons (Fsp3) is 0.0870. The van der Waals surface area contributed by atoms with E-state index in [2.05, 4.69) is 25.4 Å². The third-order valence-electron chi connectivity index (χ3n) is 4.95. The van der Waals surface area contributed by atoms with Gasteiger partial charge < -0.3 is 5.32 Å². The number of hydrogen-bond acceptors (Lipinski definition) is 6. The molecule has 0 spiro atoms. The zero-order valence-corrected chi connectivity index (χ0v) is 17.5. The summed E-state index contributed by atoms with van der Waals surface area (Å²) in [6.07, 6.45) is 5.08. The van der Waals surface area contributed by atoms with Gasteiger partial charge in [-0.2, -0.15) is 5.10 Å². The first-order chi connectivity index (χ1) is 15.2. The highest BCUT2D eigenvalue weighted by atomic mass is 32.1. The smallest absolute Gasteiger partial charge is 0.255 e. The maximum absolute atomic E-state index is 12.8. The SMILES string of the molecule is Cc1c(C(=O)NCc2csc(-c3cccnc3)n2)cnn1-c1ccc2ccccc2n1. The van der Waals surface area contributed by atoms with Gasteiger partial charge in [0, 0.05) is 28.7 Å². The van der Waals surface area contributed by atoms with E-state index in [0.717, 1.165) is 32.9 Å². The monoisotopic (exact) mass is 426 g/mol. The third-order valence-corrected chi connectivity index (χ3v) is 5.89. The van der Waals surface area contributed by atoms with Crippen molar-refractivity contribution in [3.05, 3.63) is 89.5 Å². The zero-order chi connectivity index (χ0) is 21.2. The molecular formula is C23H18N6OS. The van der Waals surface area contributed by atoms with Crippen molar-refractivity contribution in [3.63, 3.8) is 0 Å². The van der Waals surface area contributed by atoms with Gasteiger partial charge in [-0.1, -0.05) is 18.2 Å². The Hall–Kier alpha value is -3.91. The minimum Gasteiger partial charge on any atom is -0.346 e. The summed E-state index contributed by atoms with van der Waals surface area (Å²) < 4.78 is 1.69. The molecule has 8 heteroatoms. The van der Waals surface area contributed by atoms with E-state index in [-0.39, 0.29) is 5.91 Å². The molecule has 1 N–H and O–H groups in total. The van der Waals surface area contributed by atoms with E-state index >= 15 is 0 Å². The van der Waals surface area contributed by atoms with E-state index in [4.69, 9.17) is 0 Å². The lowest BCUT2D eigenvalue weighted by Crippen LogP contribution is -2.23. The van der Waals surface area contributed by atoms with Crippen LogP contribution in [0.15, 0.2) is 72.5 Å². The molecule has 0 aliphatic carbocycles. The van der Waals surface area contributed by atoms with Gasteiger partial charge in [-0.05, 0) is 37.3 Å². The molecule has 0 bridgehead atoms. The molecule has 5 aromatic rings. The number of rotatable bonds is 5. The van der Waals surface area contributed by atoms with E-state index in [1.807, 2.05) is 60.8 Å². The molecule has 5 rings (SSSR count). The second-order valence-electron chi connectivity index (χ2n) is 6.99. The van der Waals surface area contributed by atoms with E-state index in [9.17, 15) is 4.79 Å². The Morgan fingerprint density at radius 3 is 2.84 bits per heavy atom. The van der Waals surface area contributed by atoms with Crippen LogP contribution in [0.2, 0.25) is 0 Å². The molecule has 4 aromatic heterocycles. The van der Waals surface area contributed by atoms with Crippen molar-refractivity contribution in [1.29, 1.82) is 0 Å². The standard InChI is InChI=1S/C23H18N6OS/c1-15-19(13-26-29(15)21-9-8-16-5-2-3-7-20(16)28-21)22(30)25-12-18-14-31-23(27-18)17-6-4-10-24-11-17/h2-11,13-14H,12H2,1H3,(H,25,30). The van der Waals surface area contributed by atoms with E-state index in [0.29, 0.717) is 17.9 Å². The minimum atomic E-state index is -0.194. The van der Waals surface area contributed by atoms with Crippen LogP contribution in [0.4, 0.5) is 0 Å². The van der Waals surface area contributed by atoms with Gasteiger partial charge >= 0.3 is 0 Å². The summed E-state index contributed by atoms with van der Waals surface area (Å²) >= 11 is 1.53. The van der Waals surface area contributed by atoms with Crippen LogP contribution in [0.3, 0.4) is 0 Å². The lowest BCUT2D eigenvalue weighted by Gasteiger charge is -2.06. The van der Waals surface area contributed by atoms with E-state index < -0.39 is 0 Å². The van der Waals surface area contributed by atoms with Crippen LogP contribution < -0.4 is 5.32 Å². The summed E-state index contributed by atoms with van der Waals surface area (Å²) in [5, 5.41) is 11.2. The highest BCUT2D eigenvalue weighted by molar-refractivity contribution is 7.13. The maximum atomic E-state index is 12.8. The molecule has 0 unspecified atom stereocenters. The first kappa shape index (κ1) is 19.1. The largest absolute Gasteiger partial charge is 0.346 e. The lowest BCUT2D eigenvalue weighted by atomic mass is 10.2. The predicted octanol–water partition coefficient (Wildman–Crippen LogP) is 4.18. The van der Waals surface area contributed by atoms with Crippen molar-refractivity contribution in [2.45, 2.75) is 13.5 Å². The number of amides is 1. The molecule has 0 aliphatic rings. The fourth-order valence-corrected chi connectivity index (χ4v) is 4.12. The number of thiazole rings is 1. The molecular weight excluding hydrogens is 408 g/mol. The third kappa shape index (κ3) is 3.80. The van der Waals surface area contributed by atoms with Gasteiger partial charge in [0.25, 0.3) is 5.91 Å². The molecule has 0 radical (unpaired) electrons. The molecule has 0 saturated heterocycles. The van der Waals surface area contributed by atoms with Gasteiger partial charge in [0.1, 0.15) is 5.01 Å². The van der Waals surface area contributed by atoms with Crippen molar-refractivity contribution in [2.24, 2.45) is 0 Å². The number of carbonyl (C=O) groups excluding carboxylic acids is 1. The van der Waals surface area contributed by atoms with Gasteiger partial charge in [0.15, 0.2) is 5.82 Å². The summed E-state index contributed by atoms with van der Waals surface area (Å²) in [6, 6.07) is 15.6. The average Bonchev–Trinajstić information content (AvgIpc) is 3.45. The molecule has 0 atom stereocenters. The Bertz CT molecular complexity index is 1380. The van der Waals surface area contributed by atoms with E-state index in [1.165, 1.54) is 11.3 Å². The van der Waals surface area contributed by atoms with Gasteiger partial charge in [-0.25, -0.2) is 14.6 Å². The predicted molar refractivity (Wildman–Crippen MR) is 120 cm³/mol. The van der Waals surface area contributed by atoms with Gasteiger partial charge in [-0.3, -0.25) is 9.78 Å². The summed E-state index contributed by atoms with van der Waals surface area (Å²) in [7, 11) is 0. The molecule has 0 aliphatic heterocycles. The van der Waals surface area contributed by atoms with Gasteiger partial charge in [0.05, 0.1) is 35.2 Å². The summed E-state index contributed by atoms with van der Waals surface area (Å²) in [5.74, 6) is 0.483. The Labute approximate surface area is 182 Å². The molecule has 31 heavy (non-hydrogen) atoms. The number of hydrogen-bond donors (Lipinski definition) is 1. The number of fused-ring (bicyclic) bond motifs is 1. The zero-order valence-electron chi connectivity index (χ0n) is 16.7. The molecule has 7 nitrogen and oxygen atoms in total. The summed E-state index contributed by atoms with van der Waals surface area (Å²) in [6.45, 7) is 2.20. The molecule has 0 saturated carbocycles. The lowest BCUT2D eigenvalue weighted by molar-refractivity contribution is 0.0950. The second-order valence-corrected chi connectivity index (χ2v) is 7.84. The Morgan fingerprint density at radius 1 is 1.06 bits per heavy atom. The molecule has 4 heterocycles. The number of aromatic nitrogens is 5. The Morgan fingerprint density at radius 2 is 1.97 bits per heavy atom. The number of pyridine rings is 2. The van der Waals surface area contributed by atoms with Crippen LogP contribution in [0.25, 0.3) is 27.3 Å². The van der Waals surface area contributed by atoms with Crippen molar-refractivity contribution in [1.82, 2.24) is 30.0 Å². The van der Waals surface area contributed by atoms with Gasteiger partial charge in [0.2, 0.25) is 0 Å². The van der Waals surface area contributed by atoms with Crippen molar-refractivity contribution >= 4 is 28.1 Å². The van der Waals surface area contributed by atoms with Crippen LogP contribution in [-0.4, -0.2) is 30.6 Å². The number of benzene rings is 1. The summed E-state index contributed by atoms with van der Waals surface area (Å²) in [5.41, 5.74) is 3.89. The number of nitrogens with one attached hydrogen (secondary N) is 1. The second kappa shape index (κ2) is 8.08. The van der Waals surface area contributed by atoms with Crippen LogP contribution in [0.1, 0.15) is 21.7 Å². The molecule has 152 valence electrons. The molecule has 1 amide bonds. The quantitative estimate of drug-likeness (QED) is 0.456. The van der Waals surface area contributed by atoms with Crippen molar-refractivity contribution in [3.8, 4) is 16.4 Å². The number of carbonyl (C=O) groups is 1. The number of para-hydroxylation sites is 1. The van der Waals surface area contributed by atoms with Crippen LogP contribution in [0, 0.1) is 6.92 Å². The minimum absolute atomic E-state index is 0.194. The highest BCUT2D eigenvalue weighted by Gasteiger charge is 2.16. The topological polar surface area (TPSA) is 85.6 Å². The fourth-order valence-electron chi connectivity index (χ4n) is 3.31. The number of nitrogens with zero attached hydrogens (tertiary/aromatic N) is 5. The first-order valence-corrected chi connectivity index (χ1v) is 10.6. The van der Waals surface area contributed by atoms with Gasteiger partial charge in [-0.15, -0.1) is 11.3 Å².